The van der Waals surface area contributed by atoms with Crippen molar-refractivity contribution < 1.29 is 23.8 Å². The summed E-state index contributed by atoms with van der Waals surface area (Å²) in [5, 5.41) is 4.01. The van der Waals surface area contributed by atoms with Crippen LogP contribution in [-0.4, -0.2) is 56.1 Å². The molecule has 0 bridgehead atoms. The van der Waals surface area contributed by atoms with E-state index >= 15 is 0 Å². The van der Waals surface area contributed by atoms with Crippen LogP contribution >= 0.6 is 0 Å². The molecule has 1 saturated heterocycles. The summed E-state index contributed by atoms with van der Waals surface area (Å²) in [4.78, 5) is 31.0. The van der Waals surface area contributed by atoms with Crippen molar-refractivity contribution in [3.8, 4) is 17.2 Å². The van der Waals surface area contributed by atoms with Crippen LogP contribution in [0.2, 0.25) is 0 Å². The predicted molar refractivity (Wildman–Crippen MR) is 134 cm³/mol. The van der Waals surface area contributed by atoms with Crippen LogP contribution in [0.25, 0.3) is 10.9 Å². The maximum atomic E-state index is 13.1. The molecule has 0 spiro atoms. The van der Waals surface area contributed by atoms with Gasteiger partial charge in [-0.15, -0.1) is 0 Å². The van der Waals surface area contributed by atoms with Crippen molar-refractivity contribution in [1.82, 2.24) is 15.2 Å². The molecule has 8 heteroatoms. The van der Waals surface area contributed by atoms with E-state index in [9.17, 15) is 9.59 Å². The Morgan fingerprint density at radius 3 is 2.37 bits per heavy atom. The highest BCUT2D eigenvalue weighted by Crippen LogP contribution is 2.28. The maximum absolute atomic E-state index is 13.1. The number of ether oxygens (including phenoxy) is 3. The Morgan fingerprint density at radius 1 is 1.00 bits per heavy atom. The molecular weight excluding hydrogens is 446 g/mol. The standard InChI is InChI=1S/C27H33N3O5/c1-17(26(31)28-16-20-6-8-22(34-3)15-25(20)35-4)18-9-11-30(12-10-18)27(32)24-13-19-5-7-21(33-2)14-23(19)29-24/h5-8,13-15,17-18,29H,9-12,16H2,1-4H3,(H,28,31)/t17-/m0/s1. The molecule has 2 amide bonds. The number of likely N-dealkylation sites (tertiary alicyclic amines) is 1. The molecule has 1 aromatic heterocycles. The molecule has 2 N–H and O–H groups in total. The summed E-state index contributed by atoms with van der Waals surface area (Å²) in [6.45, 7) is 3.62. The van der Waals surface area contributed by atoms with Crippen molar-refractivity contribution in [1.29, 1.82) is 0 Å². The molecule has 35 heavy (non-hydrogen) atoms. The third-order valence-corrected chi connectivity index (χ3v) is 6.95. The van der Waals surface area contributed by atoms with Gasteiger partial charge in [0.2, 0.25) is 5.91 Å². The first-order valence-electron chi connectivity index (χ1n) is 11.9. The van der Waals surface area contributed by atoms with E-state index in [-0.39, 0.29) is 23.7 Å². The third kappa shape index (κ3) is 5.37. The summed E-state index contributed by atoms with van der Waals surface area (Å²) in [5.74, 6) is 2.22. The van der Waals surface area contributed by atoms with E-state index in [0.717, 1.165) is 35.1 Å². The number of carbonyl (C=O) groups is 2. The lowest BCUT2D eigenvalue weighted by Crippen LogP contribution is -2.42. The first-order valence-corrected chi connectivity index (χ1v) is 11.9. The minimum Gasteiger partial charge on any atom is -0.497 e. The number of H-pyrrole nitrogens is 1. The van der Waals surface area contributed by atoms with E-state index in [1.807, 2.05) is 48.2 Å². The van der Waals surface area contributed by atoms with Crippen LogP contribution in [0.5, 0.6) is 17.2 Å². The normalized spacial score (nSPS) is 15.0. The molecule has 8 nitrogen and oxygen atoms in total. The summed E-state index contributed by atoms with van der Waals surface area (Å²) < 4.78 is 15.9. The summed E-state index contributed by atoms with van der Waals surface area (Å²) >= 11 is 0. The van der Waals surface area contributed by atoms with E-state index < -0.39 is 0 Å². The quantitative estimate of drug-likeness (QED) is 0.510. The topological polar surface area (TPSA) is 92.9 Å². The van der Waals surface area contributed by atoms with E-state index in [1.54, 1.807) is 27.4 Å². The third-order valence-electron chi connectivity index (χ3n) is 6.95. The van der Waals surface area contributed by atoms with Crippen LogP contribution in [-0.2, 0) is 11.3 Å². The molecule has 0 aliphatic carbocycles. The number of nitrogens with zero attached hydrogens (tertiary/aromatic N) is 1. The Kier molecular flexibility index (Phi) is 7.48. The van der Waals surface area contributed by atoms with Crippen molar-refractivity contribution in [3.63, 3.8) is 0 Å². The fraction of sp³-hybridized carbons (Fsp3) is 0.407. The lowest BCUT2D eigenvalue weighted by Gasteiger charge is -2.34. The minimum atomic E-state index is -0.142. The molecule has 2 heterocycles. The molecule has 1 atom stereocenters. The van der Waals surface area contributed by atoms with Gasteiger partial charge < -0.3 is 29.4 Å². The predicted octanol–water partition coefficient (Wildman–Crippen LogP) is 4.00. The summed E-state index contributed by atoms with van der Waals surface area (Å²) in [5.41, 5.74) is 2.34. The first kappa shape index (κ1) is 24.4. The average Bonchev–Trinajstić information content (AvgIpc) is 3.34. The molecule has 186 valence electrons. The van der Waals surface area contributed by atoms with Crippen molar-refractivity contribution in [2.24, 2.45) is 11.8 Å². The van der Waals surface area contributed by atoms with Crippen LogP contribution in [0, 0.1) is 11.8 Å². The van der Waals surface area contributed by atoms with Gasteiger partial charge in [-0.1, -0.05) is 6.92 Å². The van der Waals surface area contributed by atoms with Crippen LogP contribution in [0.15, 0.2) is 42.5 Å². The van der Waals surface area contributed by atoms with E-state index in [4.69, 9.17) is 14.2 Å². The maximum Gasteiger partial charge on any atom is 0.270 e. The number of piperidine rings is 1. The summed E-state index contributed by atoms with van der Waals surface area (Å²) in [6.07, 6.45) is 1.58. The molecule has 0 radical (unpaired) electrons. The zero-order chi connectivity index (χ0) is 24.9. The van der Waals surface area contributed by atoms with Gasteiger partial charge in [0.1, 0.15) is 22.9 Å². The van der Waals surface area contributed by atoms with Crippen LogP contribution in [0.1, 0.15) is 35.8 Å². The second-order valence-corrected chi connectivity index (χ2v) is 8.95. The number of rotatable bonds is 8. The zero-order valence-corrected chi connectivity index (χ0v) is 20.7. The fourth-order valence-electron chi connectivity index (χ4n) is 4.68. The van der Waals surface area contributed by atoms with E-state index in [0.29, 0.717) is 36.8 Å². The van der Waals surface area contributed by atoms with Gasteiger partial charge in [-0.2, -0.15) is 0 Å². The van der Waals surface area contributed by atoms with Crippen molar-refractivity contribution in [3.05, 3.63) is 53.7 Å². The lowest BCUT2D eigenvalue weighted by atomic mass is 9.84. The van der Waals surface area contributed by atoms with Crippen molar-refractivity contribution in [2.75, 3.05) is 34.4 Å². The van der Waals surface area contributed by atoms with E-state index in [2.05, 4.69) is 10.3 Å². The molecule has 0 saturated carbocycles. The number of nitrogens with one attached hydrogen (secondary N) is 2. The second-order valence-electron chi connectivity index (χ2n) is 8.95. The van der Waals surface area contributed by atoms with Crippen LogP contribution in [0.4, 0.5) is 0 Å². The number of carbonyl (C=O) groups excluding carboxylic acids is 2. The number of methoxy groups -OCH3 is 3. The molecule has 0 unspecified atom stereocenters. The first-order chi connectivity index (χ1) is 16.9. The molecular formula is C27H33N3O5. The number of hydrogen-bond donors (Lipinski definition) is 2. The zero-order valence-electron chi connectivity index (χ0n) is 20.7. The van der Waals surface area contributed by atoms with Crippen LogP contribution < -0.4 is 19.5 Å². The van der Waals surface area contributed by atoms with Gasteiger partial charge in [-0.3, -0.25) is 9.59 Å². The lowest BCUT2D eigenvalue weighted by molar-refractivity contribution is -0.126. The summed E-state index contributed by atoms with van der Waals surface area (Å²) in [6, 6.07) is 13.1. The summed E-state index contributed by atoms with van der Waals surface area (Å²) in [7, 11) is 4.83. The largest absolute Gasteiger partial charge is 0.497 e. The minimum absolute atomic E-state index is 0.0113. The second kappa shape index (κ2) is 10.7. The average molecular weight is 480 g/mol. The highest BCUT2D eigenvalue weighted by Gasteiger charge is 2.30. The van der Waals surface area contributed by atoms with Gasteiger partial charge in [-0.05, 0) is 49.1 Å². The Morgan fingerprint density at radius 2 is 1.69 bits per heavy atom. The number of benzene rings is 2. The SMILES string of the molecule is COc1ccc(CNC(=O)[C@@H](C)C2CCN(C(=O)c3cc4ccc(OC)cc4[nH]3)CC2)c(OC)c1. The number of aromatic nitrogens is 1. The Bertz CT molecular complexity index is 1200. The molecule has 3 aromatic rings. The van der Waals surface area contributed by atoms with Gasteiger partial charge in [0.05, 0.1) is 21.3 Å². The number of aromatic amines is 1. The molecule has 1 aliphatic rings. The number of fused-ring (bicyclic) bond motifs is 1. The van der Waals surface area contributed by atoms with Crippen LogP contribution in [0.3, 0.4) is 0 Å². The Hall–Kier alpha value is -3.68. The molecule has 1 aliphatic heterocycles. The fourth-order valence-corrected chi connectivity index (χ4v) is 4.68. The molecule has 4 rings (SSSR count). The smallest absolute Gasteiger partial charge is 0.270 e. The highest BCUT2D eigenvalue weighted by molar-refractivity contribution is 5.98. The number of hydrogen-bond acceptors (Lipinski definition) is 5. The van der Waals surface area contributed by atoms with E-state index in [1.165, 1.54) is 0 Å². The van der Waals surface area contributed by atoms with Gasteiger partial charge in [0, 0.05) is 54.2 Å². The van der Waals surface area contributed by atoms with Crippen molar-refractivity contribution >= 4 is 22.7 Å². The Labute approximate surface area is 205 Å². The molecule has 2 aromatic carbocycles. The Balaban J connectivity index is 1.31. The number of amides is 2. The van der Waals surface area contributed by atoms with Gasteiger partial charge >= 0.3 is 0 Å². The van der Waals surface area contributed by atoms with Gasteiger partial charge in [0.25, 0.3) is 5.91 Å². The highest BCUT2D eigenvalue weighted by atomic mass is 16.5. The van der Waals surface area contributed by atoms with Gasteiger partial charge in [-0.25, -0.2) is 0 Å². The molecule has 1 fully saturated rings. The van der Waals surface area contributed by atoms with Crippen molar-refractivity contribution in [2.45, 2.75) is 26.3 Å². The van der Waals surface area contributed by atoms with Gasteiger partial charge in [0.15, 0.2) is 0 Å². The monoisotopic (exact) mass is 479 g/mol.